The number of ether oxygens (including phenoxy) is 2. The van der Waals surface area contributed by atoms with Crippen LogP contribution in [0.2, 0.25) is 0 Å². The number of aryl methyl sites for hydroxylation is 1. The fourth-order valence-corrected chi connectivity index (χ4v) is 3.81. The number of fused-ring (bicyclic) bond motifs is 1. The van der Waals surface area contributed by atoms with Gasteiger partial charge in [0.15, 0.2) is 5.58 Å². The number of nitrogens with one attached hydrogen (secondary N) is 1. The average molecular weight is 399 g/mol. The number of hydrogen-bond acceptors (Lipinski definition) is 9. The van der Waals surface area contributed by atoms with Crippen molar-refractivity contribution in [2.75, 3.05) is 6.61 Å². The summed E-state index contributed by atoms with van der Waals surface area (Å²) in [7, 11) is 0. The zero-order chi connectivity index (χ0) is 19.9. The van der Waals surface area contributed by atoms with Crippen LogP contribution in [0.25, 0.3) is 10.3 Å². The molecule has 5 atom stereocenters. The second-order valence-corrected chi connectivity index (χ2v) is 7.43. The minimum absolute atomic E-state index is 0.373. The summed E-state index contributed by atoms with van der Waals surface area (Å²) in [6, 6.07) is 0.561. The number of carbonyl (C=O) groups is 1. The average Bonchev–Trinajstić information content (AvgIpc) is 2.99. The molecule has 1 aromatic carbocycles. The molecule has 10 heteroatoms. The van der Waals surface area contributed by atoms with Crippen molar-refractivity contribution in [3.63, 3.8) is 0 Å². The van der Waals surface area contributed by atoms with Crippen molar-refractivity contribution in [2.45, 2.75) is 51.4 Å². The highest BCUT2D eigenvalue weighted by Gasteiger charge is 2.46. The van der Waals surface area contributed by atoms with Crippen LogP contribution in [0.4, 0.5) is 0 Å². The number of aliphatic hydroxyl groups is 3. The van der Waals surface area contributed by atoms with Crippen molar-refractivity contribution < 1.29 is 34.0 Å². The number of benzene rings is 1. The summed E-state index contributed by atoms with van der Waals surface area (Å²) in [5, 5.41) is 32.3. The first-order chi connectivity index (χ1) is 12.7. The summed E-state index contributed by atoms with van der Waals surface area (Å²) in [5.74, 6) is -0.0695. The largest absolute Gasteiger partial charge is 0.462 e. The Labute approximate surface area is 158 Å². The predicted octanol–water partition coefficient (Wildman–Crippen LogP) is -0.206. The molecular formula is C17H21NO8S. The van der Waals surface area contributed by atoms with E-state index >= 15 is 0 Å². The number of aliphatic hydroxyl groups excluding tert-OH is 3. The molecule has 2 aromatic rings. The van der Waals surface area contributed by atoms with Gasteiger partial charge in [-0.2, -0.15) is 0 Å². The van der Waals surface area contributed by atoms with E-state index in [4.69, 9.17) is 13.9 Å². The van der Waals surface area contributed by atoms with Crippen LogP contribution in [0.3, 0.4) is 0 Å². The maximum atomic E-state index is 11.5. The van der Waals surface area contributed by atoms with Gasteiger partial charge in [-0.15, -0.1) is 0 Å². The van der Waals surface area contributed by atoms with Crippen LogP contribution < -0.4 is 15.0 Å². The fraction of sp³-hybridized carbons (Fsp3) is 0.529. The molecule has 27 heavy (non-hydrogen) atoms. The summed E-state index contributed by atoms with van der Waals surface area (Å²) >= 11 is 0.926. The summed E-state index contributed by atoms with van der Waals surface area (Å²) in [5.41, 5.74) is 1.88. The van der Waals surface area contributed by atoms with E-state index in [1.165, 1.54) is 6.92 Å². The monoisotopic (exact) mass is 399 g/mol. The topological polar surface area (TPSA) is 138 Å². The van der Waals surface area contributed by atoms with Crippen LogP contribution in [-0.4, -0.2) is 58.5 Å². The molecule has 1 amide bonds. The van der Waals surface area contributed by atoms with Gasteiger partial charge in [-0.25, -0.2) is 4.79 Å². The van der Waals surface area contributed by atoms with E-state index < -0.39 is 48.1 Å². The Balaban J connectivity index is 1.97. The molecule has 0 spiro atoms. The highest BCUT2D eigenvalue weighted by atomic mass is 32.1. The molecule has 4 N–H and O–H groups in total. The number of carbonyl (C=O) groups excluding carboxylic acids is 1. The molecule has 1 aromatic heterocycles. The summed E-state index contributed by atoms with van der Waals surface area (Å²) in [6.45, 7) is 4.28. The molecule has 148 valence electrons. The van der Waals surface area contributed by atoms with Gasteiger partial charge in [0.05, 0.1) is 11.3 Å². The minimum atomic E-state index is -1.40. The second kappa shape index (κ2) is 7.56. The van der Waals surface area contributed by atoms with E-state index in [9.17, 15) is 24.9 Å². The molecule has 1 aliphatic rings. The highest BCUT2D eigenvalue weighted by Crippen LogP contribution is 2.33. The Morgan fingerprint density at radius 2 is 2.00 bits per heavy atom. The maximum absolute atomic E-state index is 11.5. The van der Waals surface area contributed by atoms with Gasteiger partial charge in [-0.1, -0.05) is 11.3 Å². The van der Waals surface area contributed by atoms with Gasteiger partial charge in [0.25, 0.3) is 0 Å². The van der Waals surface area contributed by atoms with Gasteiger partial charge in [0.1, 0.15) is 30.1 Å². The van der Waals surface area contributed by atoms with Crippen LogP contribution in [0.15, 0.2) is 15.3 Å². The molecule has 0 saturated carbocycles. The third-order valence-electron chi connectivity index (χ3n) is 4.63. The van der Waals surface area contributed by atoms with Crippen LogP contribution in [0.5, 0.6) is 5.75 Å². The number of amides is 1. The zero-order valence-corrected chi connectivity index (χ0v) is 15.8. The summed E-state index contributed by atoms with van der Waals surface area (Å²) in [4.78, 5) is 22.6. The Hall–Kier alpha value is -1.98. The van der Waals surface area contributed by atoms with E-state index in [0.717, 1.165) is 11.3 Å². The first-order valence-electron chi connectivity index (χ1n) is 8.33. The molecular weight excluding hydrogens is 378 g/mol. The van der Waals surface area contributed by atoms with E-state index in [2.05, 4.69) is 5.32 Å². The van der Waals surface area contributed by atoms with E-state index in [1.807, 2.05) is 0 Å². The minimum Gasteiger partial charge on any atom is -0.462 e. The van der Waals surface area contributed by atoms with Crippen molar-refractivity contribution in [1.82, 2.24) is 5.32 Å². The van der Waals surface area contributed by atoms with Crippen molar-refractivity contribution in [3.8, 4) is 5.75 Å². The molecule has 0 radical (unpaired) electrons. The molecule has 3 rings (SSSR count). The van der Waals surface area contributed by atoms with Crippen LogP contribution in [-0.2, 0) is 9.53 Å². The second-order valence-electron chi connectivity index (χ2n) is 6.46. The molecule has 1 fully saturated rings. The third kappa shape index (κ3) is 3.71. The van der Waals surface area contributed by atoms with Gasteiger partial charge in [0.2, 0.25) is 12.2 Å². The Morgan fingerprint density at radius 1 is 1.30 bits per heavy atom. The quantitative estimate of drug-likeness (QED) is 0.554. The van der Waals surface area contributed by atoms with Crippen LogP contribution in [0.1, 0.15) is 18.1 Å². The summed E-state index contributed by atoms with van der Waals surface area (Å²) in [6.07, 6.45) is -5.04. The Morgan fingerprint density at radius 3 is 2.63 bits per heavy atom. The lowest BCUT2D eigenvalue weighted by Crippen LogP contribution is -2.65. The van der Waals surface area contributed by atoms with Gasteiger partial charge >= 0.3 is 4.94 Å². The van der Waals surface area contributed by atoms with Crippen LogP contribution >= 0.6 is 11.3 Å². The van der Waals surface area contributed by atoms with E-state index in [-0.39, 0.29) is 0 Å². The molecule has 1 aliphatic heterocycles. The van der Waals surface area contributed by atoms with E-state index in [0.29, 0.717) is 27.2 Å². The number of hydrogen-bond donors (Lipinski definition) is 4. The highest BCUT2D eigenvalue weighted by molar-refractivity contribution is 7.16. The van der Waals surface area contributed by atoms with Crippen LogP contribution in [0, 0.1) is 13.8 Å². The molecule has 9 nitrogen and oxygen atoms in total. The van der Waals surface area contributed by atoms with Crippen molar-refractivity contribution in [1.29, 1.82) is 0 Å². The molecule has 0 unspecified atom stereocenters. The normalized spacial score (nSPS) is 28.3. The van der Waals surface area contributed by atoms with Crippen molar-refractivity contribution >= 4 is 27.5 Å². The predicted molar refractivity (Wildman–Crippen MR) is 95.8 cm³/mol. The van der Waals surface area contributed by atoms with Gasteiger partial charge in [-0.05, 0) is 25.0 Å². The van der Waals surface area contributed by atoms with Gasteiger partial charge in [-0.3, -0.25) is 4.79 Å². The van der Waals surface area contributed by atoms with Crippen molar-refractivity contribution in [2.24, 2.45) is 0 Å². The molecule has 2 heterocycles. The standard InChI is InChI=1S/C17H21NO8S/c1-6-7(2)15-11(27-17(23)26-15)4-9(6)24-16-12(18-8(3)20)14(22)13(21)10(5-19)25-16/h4,10,12-14,16,19,21-22H,5H2,1-3H3,(H,18,20)/t10-,12+,13-,14+,16-/m1/s1. The Bertz CT molecular complexity index is 906. The number of rotatable bonds is 4. The first kappa shape index (κ1) is 19.8. The SMILES string of the molecule is CC(=O)N[C@@H]1[C@H](Oc2cc3sc(=O)oc3c(C)c2C)O[C@H](CO)[C@@H](O)[C@H]1O. The summed E-state index contributed by atoms with van der Waals surface area (Å²) < 4.78 is 17.2. The fourth-order valence-electron chi connectivity index (χ4n) is 3.05. The first-order valence-corrected chi connectivity index (χ1v) is 9.14. The molecule has 0 bridgehead atoms. The molecule has 1 saturated heterocycles. The molecule has 0 aliphatic carbocycles. The smallest absolute Gasteiger partial charge is 0.396 e. The van der Waals surface area contributed by atoms with Gasteiger partial charge in [0, 0.05) is 13.0 Å². The van der Waals surface area contributed by atoms with Gasteiger partial charge < -0.3 is 34.5 Å². The zero-order valence-electron chi connectivity index (χ0n) is 15.0. The van der Waals surface area contributed by atoms with E-state index in [1.54, 1.807) is 19.9 Å². The lowest BCUT2D eigenvalue weighted by Gasteiger charge is -2.42. The lowest BCUT2D eigenvalue weighted by molar-refractivity contribution is -0.244. The lowest BCUT2D eigenvalue weighted by atomic mass is 9.97. The third-order valence-corrected chi connectivity index (χ3v) is 5.40. The van der Waals surface area contributed by atoms with Crippen molar-refractivity contribution in [3.05, 3.63) is 26.9 Å². The Kier molecular flexibility index (Phi) is 5.54. The maximum Gasteiger partial charge on any atom is 0.396 e.